The van der Waals surface area contributed by atoms with E-state index in [1.165, 1.54) is 22.3 Å². The van der Waals surface area contributed by atoms with Gasteiger partial charge in [0.1, 0.15) is 10.8 Å². The zero-order valence-corrected chi connectivity index (χ0v) is 17.5. The minimum absolute atomic E-state index is 0.124. The third-order valence-corrected chi connectivity index (χ3v) is 7.58. The van der Waals surface area contributed by atoms with Crippen LogP contribution in [-0.4, -0.2) is 38.4 Å². The summed E-state index contributed by atoms with van der Waals surface area (Å²) in [6, 6.07) is 10.5. The second-order valence-electron chi connectivity index (χ2n) is 7.32. The summed E-state index contributed by atoms with van der Waals surface area (Å²) in [5, 5.41) is 10.6. The molecule has 2 heterocycles. The van der Waals surface area contributed by atoms with Gasteiger partial charge in [-0.05, 0) is 45.0 Å². The smallest absolute Gasteiger partial charge is 0.268 e. The third-order valence-electron chi connectivity index (χ3n) is 4.21. The Morgan fingerprint density at radius 3 is 2.54 bits per heavy atom. The quantitative estimate of drug-likeness (QED) is 0.592. The highest BCUT2D eigenvalue weighted by Gasteiger charge is 2.33. The summed E-state index contributed by atoms with van der Waals surface area (Å²) in [5.74, 6) is 0. The predicted octanol–water partition coefficient (Wildman–Crippen LogP) is 2.36. The molecule has 0 saturated carbocycles. The monoisotopic (exact) mass is 421 g/mol. The summed E-state index contributed by atoms with van der Waals surface area (Å²) in [5.41, 5.74) is 0.739. The minimum atomic E-state index is -3.94. The first kappa shape index (κ1) is 20.8. The number of aliphatic hydroxyl groups is 1. The third kappa shape index (κ3) is 3.94. The van der Waals surface area contributed by atoms with Gasteiger partial charge in [-0.3, -0.25) is 4.98 Å². The van der Waals surface area contributed by atoms with Gasteiger partial charge in [0.15, 0.2) is 0 Å². The molecule has 3 aromatic rings. The Bertz CT molecular complexity index is 1060. The molecule has 2 N–H and O–H groups in total. The SMILES string of the molecule is CC(C)(C)[S@@+]([O-])N[C@@H](CO)c1cc2cnccc2n1S(=O)(=O)c1ccccc1. The molecule has 3 rings (SSSR count). The molecule has 0 spiro atoms. The molecule has 0 unspecified atom stereocenters. The van der Waals surface area contributed by atoms with Crippen LogP contribution in [0.3, 0.4) is 0 Å². The summed E-state index contributed by atoms with van der Waals surface area (Å²) in [4.78, 5) is 4.18. The molecule has 0 aliphatic heterocycles. The first-order valence-electron chi connectivity index (χ1n) is 8.71. The van der Waals surface area contributed by atoms with Gasteiger partial charge in [0.25, 0.3) is 10.0 Å². The van der Waals surface area contributed by atoms with Crippen molar-refractivity contribution in [1.29, 1.82) is 0 Å². The molecule has 28 heavy (non-hydrogen) atoms. The average molecular weight is 422 g/mol. The van der Waals surface area contributed by atoms with E-state index in [9.17, 15) is 18.1 Å². The second kappa shape index (κ2) is 7.84. The van der Waals surface area contributed by atoms with Crippen LogP contribution in [-0.2, 0) is 21.4 Å². The van der Waals surface area contributed by atoms with E-state index < -0.39 is 38.8 Å². The first-order chi connectivity index (χ1) is 13.2. The second-order valence-corrected chi connectivity index (χ2v) is 11.1. The van der Waals surface area contributed by atoms with Crippen LogP contribution in [0.25, 0.3) is 10.9 Å². The molecular formula is C19H23N3O4S2. The molecule has 1 aromatic carbocycles. The zero-order valence-electron chi connectivity index (χ0n) is 15.9. The van der Waals surface area contributed by atoms with Gasteiger partial charge in [-0.15, -0.1) is 4.72 Å². The number of benzene rings is 1. The van der Waals surface area contributed by atoms with Crippen molar-refractivity contribution in [2.45, 2.75) is 36.5 Å². The molecule has 0 radical (unpaired) electrons. The van der Waals surface area contributed by atoms with Gasteiger partial charge in [0.2, 0.25) is 0 Å². The highest BCUT2D eigenvalue weighted by Crippen LogP contribution is 2.30. The molecule has 150 valence electrons. The largest absolute Gasteiger partial charge is 0.598 e. The summed E-state index contributed by atoms with van der Waals surface area (Å²) in [7, 11) is -3.94. The van der Waals surface area contributed by atoms with E-state index >= 15 is 0 Å². The van der Waals surface area contributed by atoms with E-state index in [0.717, 1.165) is 0 Å². The Labute approximate surface area is 167 Å². The standard InChI is InChI=1S/C19H23N3O4S2/c1-19(2,3)27(24)21-16(13-23)18-11-14-12-20-10-9-17(14)22(18)28(25,26)15-7-5-4-6-8-15/h4-12,16,21,23H,13H2,1-3H3/t16-,27+/m0/s1. The van der Waals surface area contributed by atoms with E-state index in [1.54, 1.807) is 57.3 Å². The van der Waals surface area contributed by atoms with Crippen molar-refractivity contribution in [2.75, 3.05) is 6.61 Å². The molecule has 0 aliphatic carbocycles. The molecule has 0 saturated heterocycles. The lowest BCUT2D eigenvalue weighted by Gasteiger charge is -2.27. The van der Waals surface area contributed by atoms with Gasteiger partial charge in [-0.25, -0.2) is 12.4 Å². The summed E-state index contributed by atoms with van der Waals surface area (Å²) in [6.45, 7) is 4.97. The topological polar surface area (TPSA) is 107 Å². The molecule has 2 aromatic heterocycles. The summed E-state index contributed by atoms with van der Waals surface area (Å²) < 4.78 is 42.8. The van der Waals surface area contributed by atoms with Crippen molar-refractivity contribution in [3.63, 3.8) is 0 Å². The Balaban J connectivity index is 2.20. The number of hydrogen-bond acceptors (Lipinski definition) is 6. The normalized spacial score (nSPS) is 14.9. The lowest BCUT2D eigenvalue weighted by atomic mass is 10.2. The summed E-state index contributed by atoms with van der Waals surface area (Å²) in [6.07, 6.45) is 3.07. The number of fused-ring (bicyclic) bond motifs is 1. The van der Waals surface area contributed by atoms with Crippen molar-refractivity contribution in [3.05, 3.63) is 60.6 Å². The zero-order chi connectivity index (χ0) is 20.5. The van der Waals surface area contributed by atoms with Crippen molar-refractivity contribution < 1.29 is 18.1 Å². The van der Waals surface area contributed by atoms with Gasteiger partial charge in [0, 0.05) is 29.1 Å². The van der Waals surface area contributed by atoms with Gasteiger partial charge < -0.3 is 9.66 Å². The van der Waals surface area contributed by atoms with Crippen LogP contribution in [0.5, 0.6) is 0 Å². The Morgan fingerprint density at radius 1 is 1.25 bits per heavy atom. The molecule has 9 heteroatoms. The number of rotatable bonds is 6. The van der Waals surface area contributed by atoms with Crippen LogP contribution >= 0.6 is 0 Å². The van der Waals surface area contributed by atoms with Gasteiger partial charge >= 0.3 is 0 Å². The minimum Gasteiger partial charge on any atom is -0.598 e. The molecule has 2 atom stereocenters. The van der Waals surface area contributed by atoms with Gasteiger partial charge in [-0.2, -0.15) is 0 Å². The van der Waals surface area contributed by atoms with E-state index in [2.05, 4.69) is 9.71 Å². The molecular weight excluding hydrogens is 398 g/mol. The number of aromatic nitrogens is 2. The lowest BCUT2D eigenvalue weighted by Crippen LogP contribution is -2.43. The highest BCUT2D eigenvalue weighted by molar-refractivity contribution is 7.91. The Kier molecular flexibility index (Phi) is 5.83. The van der Waals surface area contributed by atoms with Gasteiger partial charge in [0.05, 0.1) is 22.7 Å². The number of pyridine rings is 1. The fraction of sp³-hybridized carbons (Fsp3) is 0.316. The Hall–Kier alpha value is -1.91. The highest BCUT2D eigenvalue weighted by atomic mass is 32.2. The van der Waals surface area contributed by atoms with Crippen LogP contribution < -0.4 is 4.72 Å². The predicted molar refractivity (Wildman–Crippen MR) is 110 cm³/mol. The number of aliphatic hydroxyl groups excluding tert-OH is 1. The van der Waals surface area contributed by atoms with Crippen molar-refractivity contribution in [2.24, 2.45) is 0 Å². The molecule has 0 amide bonds. The van der Waals surface area contributed by atoms with Gasteiger partial charge in [-0.1, -0.05) is 18.2 Å². The lowest BCUT2D eigenvalue weighted by molar-refractivity contribution is 0.255. The fourth-order valence-corrected chi connectivity index (χ4v) is 5.16. The number of hydrogen-bond donors (Lipinski definition) is 2. The van der Waals surface area contributed by atoms with E-state index in [1.807, 2.05) is 0 Å². The fourth-order valence-electron chi connectivity index (χ4n) is 2.76. The maximum atomic E-state index is 13.4. The maximum Gasteiger partial charge on any atom is 0.268 e. The molecule has 7 nitrogen and oxygen atoms in total. The van der Waals surface area contributed by atoms with E-state index in [-0.39, 0.29) is 4.90 Å². The molecule has 0 fully saturated rings. The van der Waals surface area contributed by atoms with Crippen LogP contribution in [0.15, 0.2) is 59.8 Å². The van der Waals surface area contributed by atoms with Crippen LogP contribution in [0.4, 0.5) is 0 Å². The van der Waals surface area contributed by atoms with Crippen LogP contribution in [0, 0.1) is 0 Å². The van der Waals surface area contributed by atoms with Crippen LogP contribution in [0.2, 0.25) is 0 Å². The first-order valence-corrected chi connectivity index (χ1v) is 11.3. The van der Waals surface area contributed by atoms with Crippen LogP contribution in [0.1, 0.15) is 32.5 Å². The molecule has 0 aliphatic rings. The molecule has 0 bridgehead atoms. The average Bonchev–Trinajstić information content (AvgIpc) is 3.05. The van der Waals surface area contributed by atoms with E-state index in [0.29, 0.717) is 16.6 Å². The number of nitrogens with zero attached hydrogens (tertiary/aromatic N) is 2. The number of nitrogens with one attached hydrogen (secondary N) is 1. The maximum absolute atomic E-state index is 13.4. The summed E-state index contributed by atoms with van der Waals surface area (Å²) >= 11 is -1.50. The van der Waals surface area contributed by atoms with E-state index in [4.69, 9.17) is 0 Å². The van der Waals surface area contributed by atoms with Crippen molar-refractivity contribution in [1.82, 2.24) is 13.7 Å². The van der Waals surface area contributed by atoms with Crippen molar-refractivity contribution >= 4 is 32.3 Å². The Morgan fingerprint density at radius 2 is 1.93 bits per heavy atom. The van der Waals surface area contributed by atoms with Crippen molar-refractivity contribution in [3.8, 4) is 0 Å².